The summed E-state index contributed by atoms with van der Waals surface area (Å²) >= 11 is 0. The van der Waals surface area contributed by atoms with Crippen molar-refractivity contribution in [1.82, 2.24) is 15.1 Å². The number of carbonyl (C=O) groups excluding carboxylic acids is 1. The van der Waals surface area contributed by atoms with Crippen LogP contribution in [0.25, 0.3) is 0 Å². The van der Waals surface area contributed by atoms with Crippen LogP contribution in [0.15, 0.2) is 18.5 Å². The van der Waals surface area contributed by atoms with Gasteiger partial charge < -0.3 is 10.4 Å². The first-order valence-electron chi connectivity index (χ1n) is 5.45. The molecule has 0 radical (unpaired) electrons. The minimum Gasteiger partial charge on any atom is -0.480 e. The molecule has 0 fully saturated rings. The van der Waals surface area contributed by atoms with Gasteiger partial charge in [0.05, 0.1) is 0 Å². The lowest BCUT2D eigenvalue weighted by Gasteiger charge is -2.20. The van der Waals surface area contributed by atoms with Gasteiger partial charge in [0.2, 0.25) is 5.91 Å². The molecule has 0 aliphatic rings. The van der Waals surface area contributed by atoms with Crippen molar-refractivity contribution in [1.29, 1.82) is 0 Å². The predicted molar refractivity (Wildman–Crippen MR) is 61.3 cm³/mol. The van der Waals surface area contributed by atoms with E-state index in [1.807, 2.05) is 0 Å². The van der Waals surface area contributed by atoms with Crippen molar-refractivity contribution in [2.45, 2.75) is 32.9 Å². The van der Waals surface area contributed by atoms with E-state index in [1.165, 1.54) is 4.68 Å². The van der Waals surface area contributed by atoms with E-state index in [0.29, 0.717) is 0 Å². The number of carbonyl (C=O) groups is 2. The highest BCUT2D eigenvalue weighted by Crippen LogP contribution is 2.07. The van der Waals surface area contributed by atoms with Crippen LogP contribution in [-0.4, -0.2) is 32.8 Å². The minimum atomic E-state index is -1.03. The van der Waals surface area contributed by atoms with Crippen LogP contribution in [0.2, 0.25) is 0 Å². The van der Waals surface area contributed by atoms with E-state index in [4.69, 9.17) is 5.11 Å². The zero-order valence-electron chi connectivity index (χ0n) is 10.1. The second-order valence-electron chi connectivity index (χ2n) is 4.23. The molecule has 0 bridgehead atoms. The van der Waals surface area contributed by atoms with Gasteiger partial charge in [-0.3, -0.25) is 9.48 Å². The molecule has 1 rings (SSSR count). The zero-order valence-corrected chi connectivity index (χ0v) is 10.1. The summed E-state index contributed by atoms with van der Waals surface area (Å²) in [6, 6.07) is 0.312. The number of carboxylic acid groups (broad SMARTS) is 1. The van der Waals surface area contributed by atoms with Crippen LogP contribution in [0.4, 0.5) is 0 Å². The van der Waals surface area contributed by atoms with Gasteiger partial charge >= 0.3 is 5.97 Å². The van der Waals surface area contributed by atoms with Crippen molar-refractivity contribution in [3.05, 3.63) is 18.5 Å². The molecule has 94 valence electrons. The summed E-state index contributed by atoms with van der Waals surface area (Å²) in [5.41, 5.74) is 0. The smallest absolute Gasteiger partial charge is 0.326 e. The quantitative estimate of drug-likeness (QED) is 0.791. The lowest BCUT2D eigenvalue weighted by Crippen LogP contribution is -2.46. The predicted octanol–water partition coefficient (Wildman–Crippen LogP) is 0.669. The van der Waals surface area contributed by atoms with Crippen LogP contribution in [-0.2, 0) is 9.59 Å². The topological polar surface area (TPSA) is 84.2 Å². The van der Waals surface area contributed by atoms with E-state index in [0.717, 1.165) is 0 Å². The monoisotopic (exact) mass is 239 g/mol. The maximum atomic E-state index is 11.8. The molecule has 6 heteroatoms. The Labute approximate surface area is 99.6 Å². The maximum absolute atomic E-state index is 11.8. The number of aliphatic carboxylic acids is 1. The molecule has 1 aromatic rings. The Morgan fingerprint density at radius 2 is 2.00 bits per heavy atom. The fourth-order valence-corrected chi connectivity index (χ4v) is 1.42. The highest BCUT2D eigenvalue weighted by molar-refractivity contribution is 5.85. The van der Waals surface area contributed by atoms with Gasteiger partial charge in [-0.25, -0.2) is 4.79 Å². The number of hydrogen-bond acceptors (Lipinski definition) is 3. The fourth-order valence-electron chi connectivity index (χ4n) is 1.42. The number of rotatable bonds is 5. The number of hydrogen-bond donors (Lipinski definition) is 2. The van der Waals surface area contributed by atoms with Crippen LogP contribution >= 0.6 is 0 Å². The molecule has 17 heavy (non-hydrogen) atoms. The summed E-state index contributed by atoms with van der Waals surface area (Å²) in [6.45, 7) is 5.16. The summed E-state index contributed by atoms with van der Waals surface area (Å²) < 4.78 is 1.48. The summed E-state index contributed by atoms with van der Waals surface area (Å²) in [7, 11) is 0. The minimum absolute atomic E-state index is 0.165. The largest absolute Gasteiger partial charge is 0.480 e. The van der Waals surface area contributed by atoms with Gasteiger partial charge in [-0.2, -0.15) is 5.10 Å². The van der Waals surface area contributed by atoms with Crippen molar-refractivity contribution in [3.63, 3.8) is 0 Å². The third-order valence-corrected chi connectivity index (χ3v) is 2.53. The Balaban J connectivity index is 2.68. The highest BCUT2D eigenvalue weighted by atomic mass is 16.4. The first-order chi connectivity index (χ1) is 7.93. The second kappa shape index (κ2) is 5.47. The Hall–Kier alpha value is -1.85. The van der Waals surface area contributed by atoms with E-state index in [1.54, 1.807) is 39.2 Å². The van der Waals surface area contributed by atoms with Crippen LogP contribution in [0, 0.1) is 5.92 Å². The van der Waals surface area contributed by atoms with Crippen molar-refractivity contribution in [2.24, 2.45) is 5.92 Å². The third-order valence-electron chi connectivity index (χ3n) is 2.53. The lowest BCUT2D eigenvalue weighted by molar-refractivity contribution is -0.143. The van der Waals surface area contributed by atoms with E-state index < -0.39 is 18.1 Å². The summed E-state index contributed by atoms with van der Waals surface area (Å²) in [5, 5.41) is 15.4. The molecule has 6 nitrogen and oxygen atoms in total. The van der Waals surface area contributed by atoms with E-state index in [9.17, 15) is 9.59 Å². The molecular formula is C11H17N3O3. The molecule has 1 unspecified atom stereocenters. The lowest BCUT2D eigenvalue weighted by atomic mass is 10.0. The van der Waals surface area contributed by atoms with Crippen LogP contribution < -0.4 is 5.32 Å². The number of nitrogens with zero attached hydrogens (tertiary/aromatic N) is 2. The van der Waals surface area contributed by atoms with E-state index in [-0.39, 0.29) is 11.8 Å². The Morgan fingerprint density at radius 3 is 2.41 bits per heavy atom. The first kappa shape index (κ1) is 13.2. The number of carboxylic acids is 1. The second-order valence-corrected chi connectivity index (χ2v) is 4.23. The normalized spacial score (nSPS) is 14.4. The molecule has 2 N–H and O–H groups in total. The molecule has 0 aromatic carbocycles. The van der Waals surface area contributed by atoms with Crippen LogP contribution in [0.5, 0.6) is 0 Å². The molecule has 1 heterocycles. The molecule has 0 spiro atoms. The summed E-state index contributed by atoms with van der Waals surface area (Å²) in [4.78, 5) is 22.8. The maximum Gasteiger partial charge on any atom is 0.326 e. The van der Waals surface area contributed by atoms with Crippen LogP contribution in [0.1, 0.15) is 26.8 Å². The van der Waals surface area contributed by atoms with Crippen molar-refractivity contribution in [2.75, 3.05) is 0 Å². The molecular weight excluding hydrogens is 222 g/mol. The standard InChI is InChI=1S/C11H17N3O3/c1-7(2)9(11(16)17)13-10(15)8(3)14-6-4-5-12-14/h4-9H,1-3H3,(H,13,15)(H,16,17)/t8?,9-/m0/s1. The van der Waals surface area contributed by atoms with Gasteiger partial charge in [-0.15, -0.1) is 0 Å². The van der Waals surface area contributed by atoms with Crippen LogP contribution in [0.3, 0.4) is 0 Å². The van der Waals surface area contributed by atoms with E-state index in [2.05, 4.69) is 10.4 Å². The van der Waals surface area contributed by atoms with Crippen molar-refractivity contribution in [3.8, 4) is 0 Å². The number of nitrogens with one attached hydrogen (secondary N) is 1. The number of amides is 1. The molecule has 2 atom stereocenters. The Morgan fingerprint density at radius 1 is 1.35 bits per heavy atom. The first-order valence-corrected chi connectivity index (χ1v) is 5.45. The zero-order chi connectivity index (χ0) is 13.0. The molecule has 1 aromatic heterocycles. The summed E-state index contributed by atoms with van der Waals surface area (Å²) in [5.74, 6) is -1.54. The Kier molecular flexibility index (Phi) is 4.25. The average molecular weight is 239 g/mol. The van der Waals surface area contributed by atoms with Gasteiger partial charge in [0, 0.05) is 12.4 Å². The van der Waals surface area contributed by atoms with Gasteiger partial charge in [-0.05, 0) is 18.9 Å². The van der Waals surface area contributed by atoms with Gasteiger partial charge in [0.1, 0.15) is 12.1 Å². The number of aromatic nitrogens is 2. The van der Waals surface area contributed by atoms with Gasteiger partial charge in [0.15, 0.2) is 0 Å². The molecule has 0 aliphatic heterocycles. The highest BCUT2D eigenvalue weighted by Gasteiger charge is 2.26. The SMILES string of the molecule is CC(C)[C@H](NC(=O)C(C)n1cccn1)C(=O)O. The Bertz CT molecular complexity index is 387. The molecule has 0 saturated heterocycles. The van der Waals surface area contributed by atoms with Crippen molar-refractivity contribution >= 4 is 11.9 Å². The molecule has 0 aliphatic carbocycles. The fraction of sp³-hybridized carbons (Fsp3) is 0.545. The molecule has 1 amide bonds. The van der Waals surface area contributed by atoms with Gasteiger partial charge in [-0.1, -0.05) is 13.8 Å². The molecule has 0 saturated carbocycles. The van der Waals surface area contributed by atoms with Gasteiger partial charge in [0.25, 0.3) is 0 Å². The summed E-state index contributed by atoms with van der Waals surface area (Å²) in [6.07, 6.45) is 3.23. The van der Waals surface area contributed by atoms with Crippen molar-refractivity contribution < 1.29 is 14.7 Å². The van der Waals surface area contributed by atoms with E-state index >= 15 is 0 Å². The average Bonchev–Trinajstić information content (AvgIpc) is 2.76. The third kappa shape index (κ3) is 3.30.